The maximum Gasteiger partial charge on any atom is 0.245 e. The number of carbonyl (C=O) groups excluding carboxylic acids is 1. The second-order valence-corrected chi connectivity index (χ2v) is 8.92. The molecule has 27 heavy (non-hydrogen) atoms. The number of nitrogens with zero attached hydrogens (tertiary/aromatic N) is 1. The molecule has 6 heteroatoms. The Bertz CT molecular complexity index is 921. The Hall–Kier alpha value is -2.18. The normalized spacial score (nSPS) is 15.0. The van der Waals surface area contributed by atoms with Crippen LogP contribution in [0.1, 0.15) is 31.9 Å². The minimum absolute atomic E-state index is 0.171. The molecule has 0 spiro atoms. The number of benzene rings is 2. The van der Waals surface area contributed by atoms with E-state index in [2.05, 4.69) is 4.72 Å². The lowest BCUT2D eigenvalue weighted by Crippen LogP contribution is -2.51. The largest absolute Gasteiger partial charge is 0.310 e. The number of hydrogen-bond donors (Lipinski definition) is 1. The molecule has 0 saturated heterocycles. The molecule has 1 N–H and O–H groups in total. The average molecular weight is 387 g/mol. The van der Waals surface area contributed by atoms with Crippen LogP contribution in [0.5, 0.6) is 0 Å². The van der Waals surface area contributed by atoms with Gasteiger partial charge in [-0.3, -0.25) is 4.79 Å². The standard InChI is InChI=1S/C21H26N2O3S/c1-4-16-9-11-18(12-10-16)27(25,26)22-20(15(2)3)21(24)23-14-13-17-7-5-6-8-19(17)23/h5-12,15,20,22H,4,13-14H2,1-3H3/t20-/m0/s1. The van der Waals surface area contributed by atoms with E-state index in [0.29, 0.717) is 6.54 Å². The van der Waals surface area contributed by atoms with Gasteiger partial charge < -0.3 is 4.90 Å². The lowest BCUT2D eigenvalue weighted by atomic mass is 10.0. The lowest BCUT2D eigenvalue weighted by molar-refractivity contribution is -0.121. The highest BCUT2D eigenvalue weighted by Gasteiger charge is 2.34. The van der Waals surface area contributed by atoms with E-state index in [4.69, 9.17) is 0 Å². The predicted molar refractivity (Wildman–Crippen MR) is 107 cm³/mol. The summed E-state index contributed by atoms with van der Waals surface area (Å²) in [5, 5.41) is 0. The fraction of sp³-hybridized carbons (Fsp3) is 0.381. The third-order valence-electron chi connectivity index (χ3n) is 5.01. The van der Waals surface area contributed by atoms with Gasteiger partial charge in [-0.2, -0.15) is 4.72 Å². The molecule has 0 aromatic heterocycles. The Labute approximate surface area is 161 Å². The van der Waals surface area contributed by atoms with Crippen molar-refractivity contribution in [2.75, 3.05) is 11.4 Å². The molecule has 0 unspecified atom stereocenters. The molecule has 0 radical (unpaired) electrons. The molecule has 0 aliphatic carbocycles. The number of carbonyl (C=O) groups is 1. The third-order valence-corrected chi connectivity index (χ3v) is 6.47. The Balaban J connectivity index is 1.84. The van der Waals surface area contributed by atoms with Crippen molar-refractivity contribution in [3.63, 3.8) is 0 Å². The molecule has 1 aliphatic heterocycles. The number of para-hydroxylation sites is 1. The van der Waals surface area contributed by atoms with Gasteiger partial charge in [0.25, 0.3) is 0 Å². The number of aryl methyl sites for hydroxylation is 1. The molecular weight excluding hydrogens is 360 g/mol. The highest BCUT2D eigenvalue weighted by atomic mass is 32.2. The second-order valence-electron chi connectivity index (χ2n) is 7.21. The van der Waals surface area contributed by atoms with Crippen molar-refractivity contribution in [3.05, 3.63) is 59.7 Å². The minimum atomic E-state index is -3.78. The van der Waals surface area contributed by atoms with Gasteiger partial charge in [-0.1, -0.05) is 51.1 Å². The first kappa shape index (κ1) is 19.6. The molecule has 0 bridgehead atoms. The molecule has 0 fully saturated rings. The van der Waals surface area contributed by atoms with E-state index in [9.17, 15) is 13.2 Å². The molecule has 5 nitrogen and oxygen atoms in total. The van der Waals surface area contributed by atoms with Gasteiger partial charge in [0.05, 0.1) is 4.90 Å². The Morgan fingerprint density at radius 2 is 1.78 bits per heavy atom. The molecule has 2 aromatic carbocycles. The van der Waals surface area contributed by atoms with Gasteiger partial charge in [0.1, 0.15) is 6.04 Å². The van der Waals surface area contributed by atoms with Crippen LogP contribution in [0.15, 0.2) is 53.4 Å². The van der Waals surface area contributed by atoms with Crippen molar-refractivity contribution in [2.24, 2.45) is 5.92 Å². The van der Waals surface area contributed by atoms with Crippen LogP contribution in [-0.2, 0) is 27.7 Å². The molecule has 1 atom stereocenters. The summed E-state index contributed by atoms with van der Waals surface area (Å²) in [6.45, 7) is 6.30. The van der Waals surface area contributed by atoms with Crippen molar-refractivity contribution in [1.82, 2.24) is 4.72 Å². The zero-order chi connectivity index (χ0) is 19.6. The summed E-state index contributed by atoms with van der Waals surface area (Å²) in [6, 6.07) is 13.7. The van der Waals surface area contributed by atoms with Gasteiger partial charge in [-0.15, -0.1) is 0 Å². The topological polar surface area (TPSA) is 66.5 Å². The number of anilines is 1. The summed E-state index contributed by atoms with van der Waals surface area (Å²) in [5.41, 5.74) is 3.06. The summed E-state index contributed by atoms with van der Waals surface area (Å²) in [7, 11) is -3.78. The number of rotatable bonds is 6. The fourth-order valence-corrected chi connectivity index (χ4v) is 4.68. The molecule has 3 rings (SSSR count). The van der Waals surface area contributed by atoms with Crippen molar-refractivity contribution in [2.45, 2.75) is 44.6 Å². The first-order valence-corrected chi connectivity index (χ1v) is 10.8. The number of hydrogen-bond acceptors (Lipinski definition) is 3. The quantitative estimate of drug-likeness (QED) is 0.829. The first-order chi connectivity index (χ1) is 12.8. The molecular formula is C21H26N2O3S. The van der Waals surface area contributed by atoms with Crippen LogP contribution in [-0.4, -0.2) is 26.9 Å². The van der Waals surface area contributed by atoms with Crippen LogP contribution in [0.4, 0.5) is 5.69 Å². The Morgan fingerprint density at radius 1 is 1.11 bits per heavy atom. The van der Waals surface area contributed by atoms with E-state index in [1.807, 2.05) is 45.0 Å². The maximum atomic E-state index is 13.2. The molecule has 1 aliphatic rings. The van der Waals surface area contributed by atoms with Crippen molar-refractivity contribution >= 4 is 21.6 Å². The van der Waals surface area contributed by atoms with E-state index < -0.39 is 16.1 Å². The van der Waals surface area contributed by atoms with E-state index in [0.717, 1.165) is 29.7 Å². The fourth-order valence-electron chi connectivity index (χ4n) is 3.35. The SMILES string of the molecule is CCc1ccc(S(=O)(=O)N[C@H](C(=O)N2CCc3ccccc32)C(C)C)cc1. The summed E-state index contributed by atoms with van der Waals surface area (Å²) in [4.78, 5) is 15.0. The van der Waals surface area contributed by atoms with E-state index in [1.54, 1.807) is 29.2 Å². The van der Waals surface area contributed by atoms with Crippen LogP contribution >= 0.6 is 0 Å². The van der Waals surface area contributed by atoms with Crippen LogP contribution in [0.2, 0.25) is 0 Å². The van der Waals surface area contributed by atoms with E-state index in [-0.39, 0.29) is 16.7 Å². The predicted octanol–water partition coefficient (Wildman–Crippen LogP) is 3.14. The first-order valence-electron chi connectivity index (χ1n) is 9.34. The monoisotopic (exact) mass is 386 g/mol. The minimum Gasteiger partial charge on any atom is -0.310 e. The zero-order valence-electron chi connectivity index (χ0n) is 16.0. The van der Waals surface area contributed by atoms with Crippen molar-refractivity contribution in [3.8, 4) is 0 Å². The number of sulfonamides is 1. The van der Waals surface area contributed by atoms with Crippen LogP contribution in [0, 0.1) is 5.92 Å². The summed E-state index contributed by atoms with van der Waals surface area (Å²) in [6.07, 6.45) is 1.63. The highest BCUT2D eigenvalue weighted by Crippen LogP contribution is 2.29. The summed E-state index contributed by atoms with van der Waals surface area (Å²) >= 11 is 0. The number of fused-ring (bicyclic) bond motifs is 1. The van der Waals surface area contributed by atoms with Gasteiger partial charge in [-0.25, -0.2) is 8.42 Å². The van der Waals surface area contributed by atoms with Crippen LogP contribution in [0.25, 0.3) is 0 Å². The maximum absolute atomic E-state index is 13.2. The third kappa shape index (κ3) is 4.06. The smallest absolute Gasteiger partial charge is 0.245 e. The van der Waals surface area contributed by atoms with Gasteiger partial charge in [0.2, 0.25) is 15.9 Å². The van der Waals surface area contributed by atoms with Crippen LogP contribution < -0.4 is 9.62 Å². The zero-order valence-corrected chi connectivity index (χ0v) is 16.8. The molecule has 0 saturated carbocycles. The molecule has 144 valence electrons. The molecule has 1 heterocycles. The van der Waals surface area contributed by atoms with Crippen molar-refractivity contribution in [1.29, 1.82) is 0 Å². The highest BCUT2D eigenvalue weighted by molar-refractivity contribution is 7.89. The van der Waals surface area contributed by atoms with Gasteiger partial charge in [0, 0.05) is 12.2 Å². The van der Waals surface area contributed by atoms with E-state index in [1.165, 1.54) is 0 Å². The number of nitrogens with one attached hydrogen (secondary N) is 1. The second kappa shape index (κ2) is 7.82. The Morgan fingerprint density at radius 3 is 2.41 bits per heavy atom. The summed E-state index contributed by atoms with van der Waals surface area (Å²) < 4.78 is 28.3. The lowest BCUT2D eigenvalue weighted by Gasteiger charge is -2.27. The van der Waals surface area contributed by atoms with E-state index >= 15 is 0 Å². The number of amides is 1. The molecule has 1 amide bonds. The average Bonchev–Trinajstić information content (AvgIpc) is 3.09. The van der Waals surface area contributed by atoms with Crippen LogP contribution in [0.3, 0.4) is 0 Å². The van der Waals surface area contributed by atoms with Gasteiger partial charge in [-0.05, 0) is 48.1 Å². The van der Waals surface area contributed by atoms with Gasteiger partial charge in [0.15, 0.2) is 0 Å². The van der Waals surface area contributed by atoms with Crippen molar-refractivity contribution < 1.29 is 13.2 Å². The summed E-state index contributed by atoms with van der Waals surface area (Å²) in [5.74, 6) is -0.376. The Kier molecular flexibility index (Phi) is 5.67. The van der Waals surface area contributed by atoms with Gasteiger partial charge >= 0.3 is 0 Å². The molecule has 2 aromatic rings.